The molecule has 0 spiro atoms. The van der Waals surface area contributed by atoms with Gasteiger partial charge in [0.25, 0.3) is 0 Å². The van der Waals surface area contributed by atoms with E-state index in [4.69, 9.17) is 9.84 Å². The molecule has 6 heteroatoms. The number of benzene rings is 1. The molecule has 0 fully saturated rings. The molecule has 0 saturated carbocycles. The number of carboxylic acids is 1. The van der Waals surface area contributed by atoms with Crippen molar-refractivity contribution in [3.05, 3.63) is 23.8 Å². The van der Waals surface area contributed by atoms with Crippen molar-refractivity contribution in [3.63, 3.8) is 0 Å². The van der Waals surface area contributed by atoms with Gasteiger partial charge in [-0.25, -0.2) is 9.59 Å². The fourth-order valence-electron chi connectivity index (χ4n) is 2.04. The number of nitrogens with one attached hydrogen (secondary N) is 1. The van der Waals surface area contributed by atoms with Crippen molar-refractivity contribution in [3.8, 4) is 5.75 Å². The van der Waals surface area contributed by atoms with Gasteiger partial charge in [0.1, 0.15) is 11.3 Å². The maximum Gasteiger partial charge on any atom is 0.411 e. The molecular formula is C16H23NO5. The third kappa shape index (κ3) is 5.63. The largest absolute Gasteiger partial charge is 0.507 e. The molecule has 0 aliphatic carbocycles. The number of aromatic carboxylic acids is 1. The second-order valence-electron chi connectivity index (χ2n) is 5.18. The van der Waals surface area contributed by atoms with Crippen LogP contribution in [0.1, 0.15) is 49.9 Å². The van der Waals surface area contributed by atoms with Crippen molar-refractivity contribution in [2.45, 2.75) is 39.5 Å². The minimum atomic E-state index is -1.23. The van der Waals surface area contributed by atoms with Gasteiger partial charge >= 0.3 is 12.1 Å². The Labute approximate surface area is 130 Å². The second-order valence-corrected chi connectivity index (χ2v) is 5.18. The first kappa shape index (κ1) is 17.8. The zero-order chi connectivity index (χ0) is 16.5. The summed E-state index contributed by atoms with van der Waals surface area (Å²) < 4.78 is 5.17. The lowest BCUT2D eigenvalue weighted by molar-refractivity contribution is 0.0693. The summed E-state index contributed by atoms with van der Waals surface area (Å²) in [5, 5.41) is 20.8. The highest BCUT2D eigenvalue weighted by Gasteiger charge is 2.13. The second kappa shape index (κ2) is 8.92. The molecule has 1 rings (SSSR count). The van der Waals surface area contributed by atoms with E-state index in [9.17, 15) is 14.7 Å². The molecule has 0 heterocycles. The minimum Gasteiger partial charge on any atom is -0.507 e. The van der Waals surface area contributed by atoms with Gasteiger partial charge in [-0.3, -0.25) is 5.32 Å². The molecule has 0 aromatic heterocycles. The van der Waals surface area contributed by atoms with E-state index in [0.717, 1.165) is 25.7 Å². The molecule has 0 aliphatic heterocycles. The monoisotopic (exact) mass is 309 g/mol. The van der Waals surface area contributed by atoms with Gasteiger partial charge in [0, 0.05) is 11.8 Å². The Morgan fingerprint density at radius 3 is 2.59 bits per heavy atom. The first-order valence-corrected chi connectivity index (χ1v) is 7.48. The molecule has 0 aliphatic rings. The first-order valence-electron chi connectivity index (χ1n) is 7.48. The highest BCUT2D eigenvalue weighted by molar-refractivity contribution is 5.92. The lowest BCUT2D eigenvalue weighted by Crippen LogP contribution is -2.18. The fourth-order valence-corrected chi connectivity index (χ4v) is 2.04. The van der Waals surface area contributed by atoms with Crippen LogP contribution in [0.3, 0.4) is 0 Å². The SMILES string of the molecule is CCCCC(CC)COC(=O)Nc1ccc(C(=O)O)c(O)c1. The molecule has 1 aromatic rings. The van der Waals surface area contributed by atoms with Gasteiger partial charge < -0.3 is 14.9 Å². The van der Waals surface area contributed by atoms with Crippen LogP contribution in [-0.4, -0.2) is 28.9 Å². The number of hydrogen-bond acceptors (Lipinski definition) is 4. The van der Waals surface area contributed by atoms with Crippen LogP contribution in [0, 0.1) is 5.92 Å². The van der Waals surface area contributed by atoms with Gasteiger partial charge in [-0.2, -0.15) is 0 Å². The summed E-state index contributed by atoms with van der Waals surface area (Å²) in [6.45, 7) is 4.53. The van der Waals surface area contributed by atoms with Crippen molar-refractivity contribution < 1.29 is 24.5 Å². The first-order chi connectivity index (χ1) is 10.5. The van der Waals surface area contributed by atoms with Crippen LogP contribution in [0.5, 0.6) is 5.75 Å². The summed E-state index contributed by atoms with van der Waals surface area (Å²) in [6, 6.07) is 3.81. The smallest absolute Gasteiger partial charge is 0.411 e. The molecule has 0 radical (unpaired) electrons. The molecule has 1 aromatic carbocycles. The van der Waals surface area contributed by atoms with E-state index in [1.54, 1.807) is 0 Å². The number of anilines is 1. The van der Waals surface area contributed by atoms with E-state index < -0.39 is 17.8 Å². The van der Waals surface area contributed by atoms with Gasteiger partial charge in [0.15, 0.2) is 0 Å². The van der Waals surface area contributed by atoms with Crippen LogP contribution in [0.25, 0.3) is 0 Å². The summed E-state index contributed by atoms with van der Waals surface area (Å²) in [5.41, 5.74) is 0.0682. The Kier molecular flexibility index (Phi) is 7.22. The average molecular weight is 309 g/mol. The molecule has 6 nitrogen and oxygen atoms in total. The molecule has 3 N–H and O–H groups in total. The van der Waals surface area contributed by atoms with Crippen LogP contribution in [0.15, 0.2) is 18.2 Å². The third-order valence-electron chi connectivity index (χ3n) is 3.47. The summed E-state index contributed by atoms with van der Waals surface area (Å²) in [7, 11) is 0. The molecule has 122 valence electrons. The van der Waals surface area contributed by atoms with Crippen molar-refractivity contribution in [2.75, 3.05) is 11.9 Å². The van der Waals surface area contributed by atoms with Crippen molar-refractivity contribution in [1.29, 1.82) is 0 Å². The number of ether oxygens (including phenoxy) is 1. The number of hydrogen-bond donors (Lipinski definition) is 3. The molecule has 22 heavy (non-hydrogen) atoms. The summed E-state index contributed by atoms with van der Waals surface area (Å²) >= 11 is 0. The highest BCUT2D eigenvalue weighted by atomic mass is 16.5. The van der Waals surface area contributed by atoms with Crippen LogP contribution < -0.4 is 5.32 Å². The van der Waals surface area contributed by atoms with Crippen LogP contribution in [0.4, 0.5) is 10.5 Å². The number of aromatic hydroxyl groups is 1. The van der Waals surface area contributed by atoms with Crippen molar-refractivity contribution >= 4 is 17.7 Å². The molecular weight excluding hydrogens is 286 g/mol. The van der Waals surface area contributed by atoms with Gasteiger partial charge in [0.05, 0.1) is 6.61 Å². The Bertz CT molecular complexity index is 515. The minimum absolute atomic E-state index is 0.218. The van der Waals surface area contributed by atoms with E-state index in [2.05, 4.69) is 19.2 Å². The van der Waals surface area contributed by atoms with E-state index in [-0.39, 0.29) is 11.3 Å². The third-order valence-corrected chi connectivity index (χ3v) is 3.47. The zero-order valence-electron chi connectivity index (χ0n) is 13.0. The van der Waals surface area contributed by atoms with E-state index in [1.807, 2.05) is 0 Å². The summed E-state index contributed by atoms with van der Waals surface area (Å²) in [5.74, 6) is -1.29. The zero-order valence-corrected chi connectivity index (χ0v) is 13.0. The molecule has 1 unspecified atom stereocenters. The van der Waals surface area contributed by atoms with Gasteiger partial charge in [0.2, 0.25) is 0 Å². The van der Waals surface area contributed by atoms with E-state index in [1.165, 1.54) is 18.2 Å². The predicted octanol–water partition coefficient (Wildman–Crippen LogP) is 3.86. The molecule has 1 atom stereocenters. The fraction of sp³-hybridized carbons (Fsp3) is 0.500. The van der Waals surface area contributed by atoms with Crippen LogP contribution >= 0.6 is 0 Å². The number of amides is 1. The number of carbonyl (C=O) groups excluding carboxylic acids is 1. The van der Waals surface area contributed by atoms with E-state index in [0.29, 0.717) is 12.5 Å². The Morgan fingerprint density at radius 1 is 1.32 bits per heavy atom. The molecule has 1 amide bonds. The Hall–Kier alpha value is -2.24. The van der Waals surface area contributed by atoms with Crippen LogP contribution in [-0.2, 0) is 4.74 Å². The number of rotatable bonds is 8. The lowest BCUT2D eigenvalue weighted by atomic mass is 10.0. The van der Waals surface area contributed by atoms with Gasteiger partial charge in [-0.15, -0.1) is 0 Å². The summed E-state index contributed by atoms with van der Waals surface area (Å²) in [4.78, 5) is 22.5. The summed E-state index contributed by atoms with van der Waals surface area (Å²) in [6.07, 6.45) is 3.57. The number of carbonyl (C=O) groups is 2. The van der Waals surface area contributed by atoms with Crippen molar-refractivity contribution in [1.82, 2.24) is 0 Å². The maximum absolute atomic E-state index is 11.7. The van der Waals surface area contributed by atoms with E-state index >= 15 is 0 Å². The standard InChI is InChI=1S/C16H23NO5/c1-3-5-6-11(4-2)10-22-16(21)17-12-7-8-13(15(19)20)14(18)9-12/h7-9,11,18H,3-6,10H2,1-2H3,(H,17,21)(H,19,20). The quantitative estimate of drug-likeness (QED) is 0.677. The Balaban J connectivity index is 2.51. The molecule has 0 saturated heterocycles. The number of unbranched alkanes of at least 4 members (excludes halogenated alkanes) is 1. The van der Waals surface area contributed by atoms with Gasteiger partial charge in [-0.1, -0.05) is 33.1 Å². The van der Waals surface area contributed by atoms with Crippen molar-refractivity contribution in [2.24, 2.45) is 5.92 Å². The highest BCUT2D eigenvalue weighted by Crippen LogP contribution is 2.22. The number of carboxylic acid groups (broad SMARTS) is 1. The topological polar surface area (TPSA) is 95.9 Å². The normalized spacial score (nSPS) is 11.7. The van der Waals surface area contributed by atoms with Crippen LogP contribution in [0.2, 0.25) is 0 Å². The Morgan fingerprint density at radius 2 is 2.05 bits per heavy atom. The maximum atomic E-state index is 11.7. The lowest BCUT2D eigenvalue weighted by Gasteiger charge is -2.15. The predicted molar refractivity (Wildman–Crippen MR) is 83.3 cm³/mol. The molecule has 0 bridgehead atoms. The van der Waals surface area contributed by atoms with Gasteiger partial charge in [-0.05, 0) is 24.5 Å². The number of phenols is 1. The average Bonchev–Trinajstić information content (AvgIpc) is 2.47.